The van der Waals surface area contributed by atoms with Crippen LogP contribution in [0.3, 0.4) is 0 Å². The van der Waals surface area contributed by atoms with Gasteiger partial charge in [0.15, 0.2) is 6.61 Å². The molecule has 1 amide bonds. The summed E-state index contributed by atoms with van der Waals surface area (Å²) in [5.74, 6) is 0.900. The quantitative estimate of drug-likeness (QED) is 0.846. The molecule has 0 unspecified atom stereocenters. The first kappa shape index (κ1) is 13.5. The molecule has 18 heavy (non-hydrogen) atoms. The fourth-order valence-corrected chi connectivity index (χ4v) is 2.45. The van der Waals surface area contributed by atoms with E-state index in [9.17, 15) is 4.79 Å². The second kappa shape index (κ2) is 5.81. The second-order valence-electron chi connectivity index (χ2n) is 4.56. The van der Waals surface area contributed by atoms with Crippen molar-refractivity contribution in [2.75, 3.05) is 12.5 Å². The molecule has 0 radical (unpaired) electrons. The SMILES string of the molecule is O=C(COc1cccc(Cl)c1)NC1(CCl)CCC1. The Morgan fingerprint density at radius 1 is 1.44 bits per heavy atom. The minimum Gasteiger partial charge on any atom is -0.484 e. The Bertz CT molecular complexity index is 427. The monoisotopic (exact) mass is 287 g/mol. The highest BCUT2D eigenvalue weighted by molar-refractivity contribution is 6.30. The Kier molecular flexibility index (Phi) is 4.36. The number of carbonyl (C=O) groups excluding carboxylic acids is 1. The standard InChI is InChI=1S/C13H15Cl2NO2/c14-9-13(5-2-6-13)16-12(17)8-18-11-4-1-3-10(15)7-11/h1,3-4,7H,2,5-6,8-9H2,(H,16,17). The van der Waals surface area contributed by atoms with E-state index in [2.05, 4.69) is 5.32 Å². The van der Waals surface area contributed by atoms with E-state index < -0.39 is 0 Å². The lowest BCUT2D eigenvalue weighted by Gasteiger charge is -2.40. The number of ether oxygens (including phenoxy) is 1. The van der Waals surface area contributed by atoms with Crippen LogP contribution in [0, 0.1) is 0 Å². The Labute approximate surface area is 116 Å². The number of amides is 1. The third kappa shape index (κ3) is 3.30. The van der Waals surface area contributed by atoms with E-state index in [1.807, 2.05) is 0 Å². The van der Waals surface area contributed by atoms with Gasteiger partial charge in [-0.2, -0.15) is 0 Å². The van der Waals surface area contributed by atoms with Crippen molar-refractivity contribution in [3.8, 4) is 5.75 Å². The predicted octanol–water partition coefficient (Wildman–Crippen LogP) is 3.00. The highest BCUT2D eigenvalue weighted by atomic mass is 35.5. The van der Waals surface area contributed by atoms with Crippen LogP contribution in [0.2, 0.25) is 5.02 Å². The van der Waals surface area contributed by atoms with E-state index in [-0.39, 0.29) is 18.1 Å². The van der Waals surface area contributed by atoms with Crippen molar-refractivity contribution < 1.29 is 9.53 Å². The van der Waals surface area contributed by atoms with Gasteiger partial charge in [0, 0.05) is 10.9 Å². The largest absolute Gasteiger partial charge is 0.484 e. The third-order valence-corrected chi connectivity index (χ3v) is 3.88. The number of rotatable bonds is 5. The van der Waals surface area contributed by atoms with Crippen molar-refractivity contribution in [1.82, 2.24) is 5.32 Å². The predicted molar refractivity (Wildman–Crippen MR) is 72.4 cm³/mol. The van der Waals surface area contributed by atoms with Gasteiger partial charge in [-0.1, -0.05) is 17.7 Å². The van der Waals surface area contributed by atoms with Gasteiger partial charge >= 0.3 is 0 Å². The topological polar surface area (TPSA) is 38.3 Å². The first-order valence-corrected chi connectivity index (χ1v) is 6.80. The van der Waals surface area contributed by atoms with E-state index in [0.717, 1.165) is 19.3 Å². The maximum absolute atomic E-state index is 11.7. The zero-order valence-corrected chi connectivity index (χ0v) is 11.4. The summed E-state index contributed by atoms with van der Waals surface area (Å²) in [5, 5.41) is 3.52. The summed E-state index contributed by atoms with van der Waals surface area (Å²) in [6, 6.07) is 6.97. The Morgan fingerprint density at radius 2 is 2.22 bits per heavy atom. The second-order valence-corrected chi connectivity index (χ2v) is 5.27. The molecule has 3 nitrogen and oxygen atoms in total. The molecule has 0 heterocycles. The van der Waals surface area contributed by atoms with Crippen molar-refractivity contribution in [1.29, 1.82) is 0 Å². The summed E-state index contributed by atoms with van der Waals surface area (Å²) in [7, 11) is 0. The van der Waals surface area contributed by atoms with Gasteiger partial charge in [0.25, 0.3) is 5.91 Å². The summed E-state index contributed by atoms with van der Waals surface area (Å²) < 4.78 is 5.37. The van der Waals surface area contributed by atoms with Gasteiger partial charge in [0.1, 0.15) is 5.75 Å². The maximum Gasteiger partial charge on any atom is 0.258 e. The molecule has 1 saturated carbocycles. The van der Waals surface area contributed by atoms with Gasteiger partial charge in [-0.25, -0.2) is 0 Å². The van der Waals surface area contributed by atoms with Crippen molar-refractivity contribution >= 4 is 29.1 Å². The number of hydrogen-bond donors (Lipinski definition) is 1. The molecule has 1 aromatic carbocycles. The summed E-state index contributed by atoms with van der Waals surface area (Å²) in [6.07, 6.45) is 3.00. The van der Waals surface area contributed by atoms with Crippen molar-refractivity contribution in [3.05, 3.63) is 29.3 Å². The molecule has 0 bridgehead atoms. The van der Waals surface area contributed by atoms with Crippen LogP contribution >= 0.6 is 23.2 Å². The van der Waals surface area contributed by atoms with Gasteiger partial charge in [-0.05, 0) is 37.5 Å². The first-order chi connectivity index (χ1) is 8.63. The molecule has 0 spiro atoms. The van der Waals surface area contributed by atoms with Crippen LogP contribution in [0.5, 0.6) is 5.75 Å². The van der Waals surface area contributed by atoms with Crippen LogP contribution in [0.15, 0.2) is 24.3 Å². The number of nitrogens with one attached hydrogen (secondary N) is 1. The Morgan fingerprint density at radius 3 is 2.78 bits per heavy atom. The highest BCUT2D eigenvalue weighted by Gasteiger charge is 2.37. The zero-order valence-electron chi connectivity index (χ0n) is 9.92. The van der Waals surface area contributed by atoms with E-state index >= 15 is 0 Å². The van der Waals surface area contributed by atoms with Crippen LogP contribution in [0.25, 0.3) is 0 Å². The van der Waals surface area contributed by atoms with Crippen molar-refractivity contribution in [2.24, 2.45) is 0 Å². The molecule has 1 aliphatic carbocycles. The fraction of sp³-hybridized carbons (Fsp3) is 0.462. The van der Waals surface area contributed by atoms with Gasteiger partial charge < -0.3 is 10.1 Å². The summed E-state index contributed by atoms with van der Waals surface area (Å²) in [6.45, 7) is -0.0149. The zero-order chi connectivity index (χ0) is 13.0. The third-order valence-electron chi connectivity index (χ3n) is 3.14. The van der Waals surface area contributed by atoms with Crippen molar-refractivity contribution in [3.63, 3.8) is 0 Å². The minimum atomic E-state index is -0.212. The smallest absolute Gasteiger partial charge is 0.258 e. The van der Waals surface area contributed by atoms with Gasteiger partial charge in [0.05, 0.1) is 5.54 Å². The molecular formula is C13H15Cl2NO2. The normalized spacial score (nSPS) is 16.8. The molecule has 0 atom stereocenters. The maximum atomic E-state index is 11.7. The van der Waals surface area contributed by atoms with Crippen LogP contribution in [0.1, 0.15) is 19.3 Å². The minimum absolute atomic E-state index is 0.0149. The molecule has 0 aliphatic heterocycles. The average Bonchev–Trinajstić information content (AvgIpc) is 2.31. The molecule has 0 saturated heterocycles. The molecular weight excluding hydrogens is 273 g/mol. The lowest BCUT2D eigenvalue weighted by molar-refractivity contribution is -0.125. The van der Waals surface area contributed by atoms with Crippen molar-refractivity contribution in [2.45, 2.75) is 24.8 Å². The molecule has 2 rings (SSSR count). The van der Waals surface area contributed by atoms with Gasteiger partial charge in [-0.15, -0.1) is 11.6 Å². The molecule has 1 aromatic rings. The number of hydrogen-bond acceptors (Lipinski definition) is 2. The molecule has 0 aromatic heterocycles. The highest BCUT2D eigenvalue weighted by Crippen LogP contribution is 2.32. The molecule has 5 heteroatoms. The lowest BCUT2D eigenvalue weighted by Crippen LogP contribution is -2.56. The van der Waals surface area contributed by atoms with E-state index in [1.165, 1.54) is 0 Å². The molecule has 1 aliphatic rings. The number of benzene rings is 1. The van der Waals surface area contributed by atoms with Crippen LogP contribution in [0.4, 0.5) is 0 Å². The molecule has 1 fully saturated rings. The van der Waals surface area contributed by atoms with E-state index in [0.29, 0.717) is 16.7 Å². The Balaban J connectivity index is 1.81. The average molecular weight is 288 g/mol. The van der Waals surface area contributed by atoms with Crippen LogP contribution in [-0.4, -0.2) is 23.9 Å². The van der Waals surface area contributed by atoms with Gasteiger partial charge in [-0.3, -0.25) is 4.79 Å². The summed E-state index contributed by atoms with van der Waals surface area (Å²) in [4.78, 5) is 11.7. The summed E-state index contributed by atoms with van der Waals surface area (Å²) in [5.41, 5.74) is -0.212. The number of halogens is 2. The first-order valence-electron chi connectivity index (χ1n) is 5.89. The van der Waals surface area contributed by atoms with Crippen LogP contribution < -0.4 is 10.1 Å². The Hall–Kier alpha value is -0.930. The summed E-state index contributed by atoms with van der Waals surface area (Å²) >= 11 is 11.7. The molecule has 98 valence electrons. The number of alkyl halides is 1. The fourth-order valence-electron chi connectivity index (χ4n) is 1.93. The van der Waals surface area contributed by atoms with E-state index in [4.69, 9.17) is 27.9 Å². The molecule has 1 N–H and O–H groups in total. The lowest BCUT2D eigenvalue weighted by atomic mass is 9.78. The van der Waals surface area contributed by atoms with Gasteiger partial charge in [0.2, 0.25) is 0 Å². The van der Waals surface area contributed by atoms with Crippen LogP contribution in [-0.2, 0) is 4.79 Å². The number of carbonyl (C=O) groups is 1. The van der Waals surface area contributed by atoms with E-state index in [1.54, 1.807) is 24.3 Å².